The summed E-state index contributed by atoms with van der Waals surface area (Å²) in [5.74, 6) is -0.254. The Kier molecular flexibility index (Phi) is 34.8. The molecular weight excluding hydrogens is 835 g/mol. The molecule has 12 unspecified atom stereocenters. The quantitative estimate of drug-likeness (QED) is 0.0231. The van der Waals surface area contributed by atoms with Gasteiger partial charge in [-0.3, -0.25) is 4.79 Å². The van der Waals surface area contributed by atoms with Crippen LogP contribution in [0.3, 0.4) is 0 Å². The van der Waals surface area contributed by atoms with Crippen molar-refractivity contribution in [3.8, 4) is 0 Å². The molecule has 1 amide bonds. The standard InChI is InChI=1S/C51H93NO13/c1-3-5-7-9-11-13-15-17-19-21-22-24-26-28-30-32-34-40(55)39(52-43(56)35-33-31-29-27-25-23-20-18-16-14-12-10-8-6-4-2)38-62-50-48(61)46(59)49(42(37-54)64-50)65-51-47(60)45(58)44(57)41(36-53)63-51/h17,19,24,26,32,34,39-42,44-51,53-55,57-61H,3-16,18,20-23,25,27-31,33,35-38H2,1-2H3,(H,52,56)/b19-17+,26-24+,34-32+. The molecule has 2 aliphatic heterocycles. The van der Waals surface area contributed by atoms with E-state index in [0.29, 0.717) is 12.8 Å². The van der Waals surface area contributed by atoms with Crippen molar-refractivity contribution in [2.45, 2.75) is 261 Å². The van der Waals surface area contributed by atoms with Crippen LogP contribution >= 0.6 is 0 Å². The molecule has 14 heteroatoms. The van der Waals surface area contributed by atoms with Gasteiger partial charge in [0.25, 0.3) is 0 Å². The first kappa shape index (κ1) is 59.3. The summed E-state index contributed by atoms with van der Waals surface area (Å²) in [5, 5.41) is 86.7. The third-order valence-corrected chi connectivity index (χ3v) is 12.6. The van der Waals surface area contributed by atoms with E-state index < -0.39 is 86.8 Å². The number of rotatable bonds is 39. The zero-order valence-corrected chi connectivity index (χ0v) is 40.2. The summed E-state index contributed by atoms with van der Waals surface area (Å²) in [6, 6.07) is -0.933. The summed E-state index contributed by atoms with van der Waals surface area (Å²) in [5.41, 5.74) is 0. The number of carbonyl (C=O) groups excluding carboxylic acids is 1. The van der Waals surface area contributed by atoms with Crippen molar-refractivity contribution in [3.63, 3.8) is 0 Å². The zero-order valence-electron chi connectivity index (χ0n) is 40.2. The predicted molar refractivity (Wildman–Crippen MR) is 254 cm³/mol. The summed E-state index contributed by atoms with van der Waals surface area (Å²) in [4.78, 5) is 13.2. The number of carbonyl (C=O) groups is 1. The minimum absolute atomic E-state index is 0.254. The number of hydrogen-bond acceptors (Lipinski definition) is 13. The molecule has 0 aromatic heterocycles. The minimum atomic E-state index is -1.79. The van der Waals surface area contributed by atoms with E-state index in [-0.39, 0.29) is 18.9 Å². The first-order valence-corrected chi connectivity index (χ1v) is 25.7. The summed E-state index contributed by atoms with van der Waals surface area (Å²) in [7, 11) is 0. The lowest BCUT2D eigenvalue weighted by atomic mass is 9.97. The highest BCUT2D eigenvalue weighted by molar-refractivity contribution is 5.76. The first-order valence-electron chi connectivity index (χ1n) is 25.7. The van der Waals surface area contributed by atoms with Crippen LogP contribution in [0.5, 0.6) is 0 Å². The highest BCUT2D eigenvalue weighted by Gasteiger charge is 2.51. The third kappa shape index (κ3) is 25.4. The van der Waals surface area contributed by atoms with Crippen LogP contribution in [-0.4, -0.2) is 140 Å². The lowest BCUT2D eigenvalue weighted by Gasteiger charge is -2.46. The number of amides is 1. The van der Waals surface area contributed by atoms with E-state index >= 15 is 0 Å². The molecule has 0 aromatic carbocycles. The Morgan fingerprint density at radius 2 is 0.985 bits per heavy atom. The Labute approximate surface area is 391 Å². The summed E-state index contributed by atoms with van der Waals surface area (Å²) in [6.45, 7) is 2.75. The van der Waals surface area contributed by atoms with E-state index in [0.717, 1.165) is 44.9 Å². The van der Waals surface area contributed by atoms with E-state index in [1.54, 1.807) is 6.08 Å². The molecule has 0 bridgehead atoms. The van der Waals surface area contributed by atoms with Crippen molar-refractivity contribution in [1.82, 2.24) is 5.32 Å². The lowest BCUT2D eigenvalue weighted by molar-refractivity contribution is -0.359. The van der Waals surface area contributed by atoms with E-state index in [2.05, 4.69) is 43.5 Å². The van der Waals surface area contributed by atoms with Crippen molar-refractivity contribution in [3.05, 3.63) is 36.5 Å². The van der Waals surface area contributed by atoms with Crippen molar-refractivity contribution in [2.24, 2.45) is 0 Å². The van der Waals surface area contributed by atoms with E-state index in [1.807, 2.05) is 6.08 Å². The van der Waals surface area contributed by atoms with Crippen LogP contribution in [0.25, 0.3) is 0 Å². The monoisotopic (exact) mass is 928 g/mol. The number of allylic oxidation sites excluding steroid dienone is 5. The van der Waals surface area contributed by atoms with Crippen molar-refractivity contribution < 1.29 is 64.6 Å². The molecule has 2 heterocycles. The molecule has 0 radical (unpaired) electrons. The molecule has 9 N–H and O–H groups in total. The van der Waals surface area contributed by atoms with Gasteiger partial charge in [0.05, 0.1) is 32.0 Å². The fourth-order valence-electron chi connectivity index (χ4n) is 8.32. The van der Waals surface area contributed by atoms with Gasteiger partial charge >= 0.3 is 0 Å². The average molecular weight is 928 g/mol. The molecule has 0 aliphatic carbocycles. The molecule has 14 nitrogen and oxygen atoms in total. The average Bonchev–Trinajstić information content (AvgIpc) is 3.30. The smallest absolute Gasteiger partial charge is 0.220 e. The van der Waals surface area contributed by atoms with Crippen LogP contribution in [0.2, 0.25) is 0 Å². The molecule has 0 spiro atoms. The molecule has 2 saturated heterocycles. The van der Waals surface area contributed by atoms with Crippen molar-refractivity contribution in [2.75, 3.05) is 19.8 Å². The number of hydrogen-bond donors (Lipinski definition) is 9. The fourth-order valence-corrected chi connectivity index (χ4v) is 8.32. The molecule has 2 rings (SSSR count). The van der Waals surface area contributed by atoms with Gasteiger partial charge in [0.2, 0.25) is 5.91 Å². The molecule has 12 atom stereocenters. The van der Waals surface area contributed by atoms with Crippen LogP contribution in [0.1, 0.15) is 187 Å². The largest absolute Gasteiger partial charge is 0.394 e. The van der Waals surface area contributed by atoms with Crippen LogP contribution < -0.4 is 5.32 Å². The SMILES string of the molecule is CCCCCCCC/C=C/CC/C=C/CC/C=C/C(O)C(COC1OC(CO)C(OC2OC(CO)C(O)C(O)C2O)C(O)C1O)NC(=O)CCCCCCCCCCCCCCCCC. The molecule has 380 valence electrons. The van der Waals surface area contributed by atoms with Gasteiger partial charge in [-0.25, -0.2) is 0 Å². The van der Waals surface area contributed by atoms with Crippen LogP contribution in [0, 0.1) is 0 Å². The van der Waals surface area contributed by atoms with Crippen molar-refractivity contribution in [1.29, 1.82) is 0 Å². The van der Waals surface area contributed by atoms with E-state index in [9.17, 15) is 45.6 Å². The number of nitrogens with one attached hydrogen (secondary N) is 1. The number of aliphatic hydroxyl groups excluding tert-OH is 8. The maximum atomic E-state index is 13.2. The maximum absolute atomic E-state index is 13.2. The third-order valence-electron chi connectivity index (χ3n) is 12.6. The Bertz CT molecular complexity index is 1230. The normalized spacial score (nSPS) is 27.3. The fraction of sp³-hybridized carbons (Fsp3) is 0.863. The lowest BCUT2D eigenvalue weighted by Crippen LogP contribution is -2.65. The van der Waals surface area contributed by atoms with E-state index in [4.69, 9.17) is 18.9 Å². The first-order chi connectivity index (χ1) is 31.6. The zero-order chi connectivity index (χ0) is 47.5. The maximum Gasteiger partial charge on any atom is 0.220 e. The van der Waals surface area contributed by atoms with Crippen molar-refractivity contribution >= 4 is 5.91 Å². The second-order valence-corrected chi connectivity index (χ2v) is 18.3. The summed E-state index contributed by atoms with van der Waals surface area (Å²) >= 11 is 0. The Hall–Kier alpha value is -1.79. The van der Waals surface area contributed by atoms with Gasteiger partial charge in [-0.1, -0.05) is 172 Å². The van der Waals surface area contributed by atoms with Gasteiger partial charge in [0, 0.05) is 6.42 Å². The number of ether oxygens (including phenoxy) is 4. The van der Waals surface area contributed by atoms with Crippen LogP contribution in [0.15, 0.2) is 36.5 Å². The molecule has 2 aliphatic rings. The van der Waals surface area contributed by atoms with Crippen LogP contribution in [-0.2, 0) is 23.7 Å². The summed E-state index contributed by atoms with van der Waals surface area (Å²) in [6.07, 6.45) is 26.1. The second-order valence-electron chi connectivity index (χ2n) is 18.3. The Balaban J connectivity index is 1.88. The molecule has 0 saturated carbocycles. The highest BCUT2D eigenvalue weighted by atomic mass is 16.7. The molecule has 65 heavy (non-hydrogen) atoms. The number of aliphatic hydroxyl groups is 8. The second kappa shape index (κ2) is 38.1. The van der Waals surface area contributed by atoms with Gasteiger partial charge in [0.15, 0.2) is 12.6 Å². The molecular formula is C51H93NO13. The van der Waals surface area contributed by atoms with Crippen LogP contribution in [0.4, 0.5) is 0 Å². The topological polar surface area (TPSA) is 228 Å². The Morgan fingerprint density at radius 3 is 1.51 bits per heavy atom. The number of unbranched alkanes of at least 4 members (excludes halogenated alkanes) is 22. The minimum Gasteiger partial charge on any atom is -0.394 e. The predicted octanol–water partition coefficient (Wildman–Crippen LogP) is 6.71. The molecule has 2 fully saturated rings. The van der Waals surface area contributed by atoms with Gasteiger partial charge in [-0.2, -0.15) is 0 Å². The van der Waals surface area contributed by atoms with Gasteiger partial charge < -0.3 is 65.1 Å². The van der Waals surface area contributed by atoms with Gasteiger partial charge in [0.1, 0.15) is 48.8 Å². The Morgan fingerprint density at radius 1 is 0.538 bits per heavy atom. The molecule has 0 aromatic rings. The van der Waals surface area contributed by atoms with E-state index in [1.165, 1.54) is 109 Å². The summed E-state index contributed by atoms with van der Waals surface area (Å²) < 4.78 is 22.7. The highest BCUT2D eigenvalue weighted by Crippen LogP contribution is 2.30. The van der Waals surface area contributed by atoms with Gasteiger partial charge in [-0.15, -0.1) is 0 Å². The van der Waals surface area contributed by atoms with Gasteiger partial charge in [-0.05, 0) is 44.9 Å².